The smallest absolute Gasteiger partial charge is 0.255 e. The van der Waals surface area contributed by atoms with Crippen LogP contribution in [-0.2, 0) is 16.0 Å². The van der Waals surface area contributed by atoms with Gasteiger partial charge in [-0.15, -0.1) is 5.92 Å². The number of carbonyl (C=O) groups is 3. The number of ketones is 2. The minimum absolute atomic E-state index is 0.0376. The number of likely N-dealkylation sites (N-methyl/N-ethyl adjacent to an activating group) is 1. The standard InChI is InChI=1S/C26H29N3O7/c1-6-7-11-10-15(28(2)3)13-8-12-9-14-19(29(4)5)22(32)18(25(27)35)24(34)26(14,36)23(33)16(12)21(31)17(13)20(11)30/h10,12,14,19,30,32-33,36H,8-9H2,1-5H3,(H2,27,35)/t12-,14-,19-,26+/m1/s1. The Kier molecular flexibility index (Phi) is 5.90. The molecule has 3 aliphatic carbocycles. The molecule has 0 fully saturated rings. The van der Waals surface area contributed by atoms with Gasteiger partial charge >= 0.3 is 0 Å². The summed E-state index contributed by atoms with van der Waals surface area (Å²) in [6.07, 6.45) is 0.255. The van der Waals surface area contributed by atoms with Crippen LogP contribution < -0.4 is 10.6 Å². The first-order valence-electron chi connectivity index (χ1n) is 11.4. The lowest BCUT2D eigenvalue weighted by Crippen LogP contribution is -2.63. The summed E-state index contributed by atoms with van der Waals surface area (Å²) in [6, 6.07) is 0.658. The Balaban J connectivity index is 2.01. The van der Waals surface area contributed by atoms with Crippen molar-refractivity contribution in [1.82, 2.24) is 4.90 Å². The molecule has 4 rings (SSSR count). The number of phenols is 1. The molecule has 4 atom stereocenters. The number of fused-ring (bicyclic) bond motifs is 3. The van der Waals surface area contributed by atoms with Gasteiger partial charge in [-0.05, 0) is 51.4 Å². The molecule has 1 aromatic rings. The molecule has 0 saturated heterocycles. The van der Waals surface area contributed by atoms with E-state index in [9.17, 15) is 34.8 Å². The number of phenolic OH excluding ortho intramolecular Hbond substituents is 1. The summed E-state index contributed by atoms with van der Waals surface area (Å²) in [5, 5.41) is 44.8. The monoisotopic (exact) mass is 495 g/mol. The van der Waals surface area contributed by atoms with Crippen LogP contribution in [0.5, 0.6) is 5.75 Å². The maximum absolute atomic E-state index is 13.8. The van der Waals surface area contributed by atoms with E-state index >= 15 is 0 Å². The highest BCUT2D eigenvalue weighted by atomic mass is 16.3. The van der Waals surface area contributed by atoms with Gasteiger partial charge < -0.3 is 31.1 Å². The topological polar surface area (TPSA) is 165 Å². The average molecular weight is 496 g/mol. The van der Waals surface area contributed by atoms with Crippen LogP contribution in [0.15, 0.2) is 28.7 Å². The van der Waals surface area contributed by atoms with E-state index < -0.39 is 58.0 Å². The zero-order valence-electron chi connectivity index (χ0n) is 20.7. The molecule has 6 N–H and O–H groups in total. The lowest BCUT2D eigenvalue weighted by molar-refractivity contribution is -0.148. The number of hydrogen-bond donors (Lipinski definition) is 5. The largest absolute Gasteiger partial charge is 0.510 e. The number of hydrogen-bond acceptors (Lipinski definition) is 9. The molecule has 190 valence electrons. The minimum atomic E-state index is -2.66. The average Bonchev–Trinajstić information content (AvgIpc) is 2.77. The number of anilines is 1. The van der Waals surface area contributed by atoms with Crippen LogP contribution in [0.4, 0.5) is 5.69 Å². The Morgan fingerprint density at radius 1 is 1.17 bits per heavy atom. The molecule has 0 spiro atoms. The Morgan fingerprint density at radius 2 is 1.81 bits per heavy atom. The van der Waals surface area contributed by atoms with Crippen LogP contribution >= 0.6 is 0 Å². The highest BCUT2D eigenvalue weighted by Gasteiger charge is 2.63. The Morgan fingerprint density at radius 3 is 2.33 bits per heavy atom. The fraction of sp³-hybridized carbons (Fsp3) is 0.423. The Hall–Kier alpha value is -3.81. The van der Waals surface area contributed by atoms with Crippen LogP contribution in [0.25, 0.3) is 0 Å². The molecule has 36 heavy (non-hydrogen) atoms. The molecule has 10 nitrogen and oxygen atoms in total. The number of nitrogens with zero attached hydrogens (tertiary/aromatic N) is 2. The third kappa shape index (κ3) is 3.23. The summed E-state index contributed by atoms with van der Waals surface area (Å²) in [6.45, 7) is 1.59. The van der Waals surface area contributed by atoms with Gasteiger partial charge in [0, 0.05) is 31.3 Å². The Bertz CT molecular complexity index is 1350. The van der Waals surface area contributed by atoms with Crippen molar-refractivity contribution in [3.63, 3.8) is 0 Å². The van der Waals surface area contributed by atoms with Gasteiger partial charge in [-0.2, -0.15) is 0 Å². The van der Waals surface area contributed by atoms with Crippen LogP contribution in [-0.4, -0.2) is 82.6 Å². The van der Waals surface area contributed by atoms with Gasteiger partial charge in [0.15, 0.2) is 11.4 Å². The summed E-state index contributed by atoms with van der Waals surface area (Å²) >= 11 is 0. The molecular weight excluding hydrogens is 466 g/mol. The van der Waals surface area contributed by atoms with Gasteiger partial charge in [-0.3, -0.25) is 19.3 Å². The molecule has 0 bridgehead atoms. The molecule has 1 amide bonds. The summed E-state index contributed by atoms with van der Waals surface area (Å²) < 4.78 is 0. The summed E-state index contributed by atoms with van der Waals surface area (Å²) in [4.78, 5) is 42.5. The van der Waals surface area contributed by atoms with Gasteiger partial charge in [-0.25, -0.2) is 0 Å². The van der Waals surface area contributed by atoms with Crippen molar-refractivity contribution in [2.24, 2.45) is 17.6 Å². The third-order valence-electron chi connectivity index (χ3n) is 7.44. The third-order valence-corrected chi connectivity index (χ3v) is 7.44. The normalized spacial score (nSPS) is 27.2. The first kappa shape index (κ1) is 25.3. The lowest BCUT2D eigenvalue weighted by Gasteiger charge is -2.50. The number of Topliss-reactive ketones (excluding diaryl/α,β-unsaturated/α-hetero) is 2. The number of carbonyl (C=O) groups excluding carboxylic acids is 3. The van der Waals surface area contributed by atoms with Gasteiger partial charge in [0.1, 0.15) is 22.8 Å². The number of benzene rings is 1. The van der Waals surface area contributed by atoms with E-state index in [0.29, 0.717) is 11.3 Å². The minimum Gasteiger partial charge on any atom is -0.510 e. The molecule has 10 heteroatoms. The molecule has 0 radical (unpaired) electrons. The number of amides is 1. The highest BCUT2D eigenvalue weighted by Crippen LogP contribution is 2.53. The molecule has 0 aliphatic heterocycles. The number of nitrogens with two attached hydrogens (primary N) is 1. The maximum Gasteiger partial charge on any atom is 0.255 e. The Labute approximate surface area is 208 Å². The zero-order chi connectivity index (χ0) is 26.9. The van der Waals surface area contributed by atoms with E-state index in [1.54, 1.807) is 46.1 Å². The van der Waals surface area contributed by atoms with Gasteiger partial charge in [0.25, 0.3) is 5.91 Å². The summed E-state index contributed by atoms with van der Waals surface area (Å²) in [5.41, 5.74) is 3.04. The van der Waals surface area contributed by atoms with E-state index in [1.807, 2.05) is 0 Å². The van der Waals surface area contributed by atoms with Crippen molar-refractivity contribution in [3.05, 3.63) is 45.4 Å². The van der Waals surface area contributed by atoms with Crippen molar-refractivity contribution in [1.29, 1.82) is 0 Å². The van der Waals surface area contributed by atoms with E-state index in [4.69, 9.17) is 5.73 Å². The predicted molar refractivity (Wildman–Crippen MR) is 131 cm³/mol. The first-order chi connectivity index (χ1) is 16.8. The van der Waals surface area contributed by atoms with Gasteiger partial charge in [-0.1, -0.05) is 5.92 Å². The summed E-state index contributed by atoms with van der Waals surface area (Å²) in [5.74, 6) is -1.31. The highest BCUT2D eigenvalue weighted by molar-refractivity contribution is 6.25. The van der Waals surface area contributed by atoms with E-state index in [1.165, 1.54) is 4.90 Å². The van der Waals surface area contributed by atoms with Crippen LogP contribution in [0.1, 0.15) is 34.8 Å². The molecular formula is C26H29N3O7. The first-order valence-corrected chi connectivity index (χ1v) is 11.4. The fourth-order valence-electron chi connectivity index (χ4n) is 5.93. The van der Waals surface area contributed by atoms with Crippen molar-refractivity contribution >= 4 is 23.2 Å². The van der Waals surface area contributed by atoms with Gasteiger partial charge in [0.05, 0.1) is 17.2 Å². The molecule has 1 aromatic carbocycles. The number of rotatable bonds is 3. The van der Waals surface area contributed by atoms with Crippen LogP contribution in [0, 0.1) is 23.7 Å². The van der Waals surface area contributed by atoms with Crippen molar-refractivity contribution in [2.75, 3.05) is 33.1 Å². The number of allylic oxidation sites excluding steroid dienone is 1. The number of aliphatic hydroxyl groups excluding tert-OH is 2. The number of aliphatic hydroxyl groups is 3. The lowest BCUT2D eigenvalue weighted by atomic mass is 9.58. The quantitative estimate of drug-likeness (QED) is 0.298. The molecule has 0 heterocycles. The zero-order valence-corrected chi connectivity index (χ0v) is 20.7. The second kappa shape index (κ2) is 8.40. The van der Waals surface area contributed by atoms with E-state index in [0.717, 1.165) is 0 Å². The predicted octanol–water partition coefficient (Wildman–Crippen LogP) is 0.558. The number of aromatic hydroxyl groups is 1. The fourth-order valence-corrected chi connectivity index (χ4v) is 5.93. The summed E-state index contributed by atoms with van der Waals surface area (Å²) in [7, 11) is 6.76. The van der Waals surface area contributed by atoms with Crippen molar-refractivity contribution in [3.8, 4) is 17.6 Å². The van der Waals surface area contributed by atoms with E-state index in [-0.39, 0.29) is 35.3 Å². The van der Waals surface area contributed by atoms with Gasteiger partial charge in [0.2, 0.25) is 5.78 Å². The second-order valence-corrected chi connectivity index (χ2v) is 9.88. The number of primary amides is 1. The maximum atomic E-state index is 13.8. The molecule has 0 unspecified atom stereocenters. The molecule has 3 aliphatic rings. The second-order valence-electron chi connectivity index (χ2n) is 9.88. The SMILES string of the molecule is CC#Cc1cc(N(C)C)c2c(c1O)C(=O)C1=C(O)[C@]3(O)C(=O)C(C(N)=O)=C(O)[C@H](N(C)C)[C@H]3C[C@H]1C2. The van der Waals surface area contributed by atoms with Crippen LogP contribution in [0.2, 0.25) is 0 Å². The van der Waals surface area contributed by atoms with Crippen molar-refractivity contribution < 1.29 is 34.8 Å². The van der Waals surface area contributed by atoms with Crippen LogP contribution in [0.3, 0.4) is 0 Å². The molecule has 0 saturated carbocycles. The van der Waals surface area contributed by atoms with Crippen molar-refractivity contribution in [2.45, 2.75) is 31.4 Å². The molecule has 0 aromatic heterocycles. The van der Waals surface area contributed by atoms with E-state index in [2.05, 4.69) is 11.8 Å².